The molecule has 0 spiro atoms. The molecule has 0 aliphatic heterocycles. The van der Waals surface area contributed by atoms with Crippen LogP contribution in [0.25, 0.3) is 0 Å². The minimum Gasteiger partial charge on any atom is -0.466 e. The molecule has 0 aromatic rings. The number of hydrogen-bond acceptors (Lipinski definition) is 4. The van der Waals surface area contributed by atoms with Crippen LogP contribution >= 0.6 is 0 Å². The van der Waals surface area contributed by atoms with E-state index in [2.05, 4.69) is 13.8 Å². The monoisotopic (exact) mass is 284 g/mol. The first-order valence-corrected chi connectivity index (χ1v) is 7.50. The number of unbranched alkanes of at least 4 members (excludes halogenated alkanes) is 4. The fourth-order valence-corrected chi connectivity index (χ4v) is 2.10. The van der Waals surface area contributed by atoms with Gasteiger partial charge in [0.2, 0.25) is 0 Å². The smallest absolute Gasteiger partial charge is 0.334 e. The molecule has 20 heavy (non-hydrogen) atoms. The van der Waals surface area contributed by atoms with Gasteiger partial charge in [0.05, 0.1) is 14.2 Å². The van der Waals surface area contributed by atoms with Crippen LogP contribution in [0.15, 0.2) is 11.1 Å². The van der Waals surface area contributed by atoms with Crippen molar-refractivity contribution in [3.63, 3.8) is 0 Å². The maximum Gasteiger partial charge on any atom is 0.334 e. The van der Waals surface area contributed by atoms with Crippen molar-refractivity contribution >= 4 is 11.9 Å². The minimum atomic E-state index is -0.405. The third-order valence-corrected chi connectivity index (χ3v) is 3.29. The van der Waals surface area contributed by atoms with Gasteiger partial charge in [-0.1, -0.05) is 39.5 Å². The van der Waals surface area contributed by atoms with Gasteiger partial charge in [-0.2, -0.15) is 0 Å². The Morgan fingerprint density at radius 3 is 1.30 bits per heavy atom. The van der Waals surface area contributed by atoms with Crippen molar-refractivity contribution in [2.45, 2.75) is 65.2 Å². The Kier molecular flexibility index (Phi) is 10.7. The number of rotatable bonds is 10. The van der Waals surface area contributed by atoms with Crippen LogP contribution in [-0.2, 0) is 19.1 Å². The average molecular weight is 284 g/mol. The highest BCUT2D eigenvalue weighted by Gasteiger charge is 2.21. The van der Waals surface area contributed by atoms with E-state index >= 15 is 0 Å². The summed E-state index contributed by atoms with van der Waals surface area (Å²) in [5, 5.41) is 0. The Morgan fingerprint density at radius 2 is 1.05 bits per heavy atom. The number of carbonyl (C=O) groups is 2. The zero-order chi connectivity index (χ0) is 15.4. The van der Waals surface area contributed by atoms with E-state index in [9.17, 15) is 9.59 Å². The summed E-state index contributed by atoms with van der Waals surface area (Å²) in [7, 11) is 2.70. The lowest BCUT2D eigenvalue weighted by atomic mass is 9.97. The third kappa shape index (κ3) is 6.73. The maximum absolute atomic E-state index is 11.9. The molecule has 0 aliphatic carbocycles. The van der Waals surface area contributed by atoms with Crippen LogP contribution < -0.4 is 0 Å². The first kappa shape index (κ1) is 18.7. The lowest BCUT2D eigenvalue weighted by molar-refractivity contribution is -0.139. The van der Waals surface area contributed by atoms with E-state index in [1.807, 2.05) is 0 Å². The summed E-state index contributed by atoms with van der Waals surface area (Å²) in [6, 6.07) is 0. The molecule has 0 N–H and O–H groups in total. The van der Waals surface area contributed by atoms with Gasteiger partial charge in [-0.3, -0.25) is 0 Å². The van der Waals surface area contributed by atoms with Crippen LogP contribution in [-0.4, -0.2) is 26.2 Å². The van der Waals surface area contributed by atoms with E-state index in [4.69, 9.17) is 9.47 Å². The van der Waals surface area contributed by atoms with Gasteiger partial charge in [0.25, 0.3) is 0 Å². The molecule has 0 heterocycles. The van der Waals surface area contributed by atoms with Crippen LogP contribution in [0.2, 0.25) is 0 Å². The van der Waals surface area contributed by atoms with E-state index in [0.717, 1.165) is 38.5 Å². The highest BCUT2D eigenvalue weighted by Crippen LogP contribution is 2.21. The van der Waals surface area contributed by atoms with E-state index < -0.39 is 11.9 Å². The Morgan fingerprint density at radius 1 is 0.700 bits per heavy atom. The fraction of sp³-hybridized carbons (Fsp3) is 0.750. The topological polar surface area (TPSA) is 52.6 Å². The molecule has 0 aliphatic rings. The number of esters is 2. The average Bonchev–Trinajstić information content (AvgIpc) is 2.47. The highest BCUT2D eigenvalue weighted by atomic mass is 16.5. The largest absolute Gasteiger partial charge is 0.466 e. The first-order chi connectivity index (χ1) is 9.62. The summed E-state index contributed by atoms with van der Waals surface area (Å²) >= 11 is 0. The van der Waals surface area contributed by atoms with Crippen molar-refractivity contribution in [2.75, 3.05) is 14.2 Å². The lowest BCUT2D eigenvalue weighted by Crippen LogP contribution is -2.15. The standard InChI is InChI=1S/C16H28O4/c1-5-7-9-11-13(15(17)19-3)14(16(18)20-4)12-10-8-6-2/h5-12H2,1-4H3. The summed E-state index contributed by atoms with van der Waals surface area (Å²) in [6.07, 6.45) is 7.13. The Bertz CT molecular complexity index is 299. The highest BCUT2D eigenvalue weighted by molar-refractivity contribution is 6.00. The van der Waals surface area contributed by atoms with Gasteiger partial charge in [0.15, 0.2) is 0 Å². The molecule has 0 saturated heterocycles. The van der Waals surface area contributed by atoms with Gasteiger partial charge in [-0.05, 0) is 25.7 Å². The van der Waals surface area contributed by atoms with Crippen molar-refractivity contribution in [2.24, 2.45) is 0 Å². The van der Waals surface area contributed by atoms with Crippen molar-refractivity contribution in [3.05, 3.63) is 11.1 Å². The van der Waals surface area contributed by atoms with Gasteiger partial charge in [0.1, 0.15) is 0 Å². The zero-order valence-corrected chi connectivity index (χ0v) is 13.3. The quantitative estimate of drug-likeness (QED) is 0.348. The van der Waals surface area contributed by atoms with E-state index in [0.29, 0.717) is 24.0 Å². The predicted molar refractivity (Wildman–Crippen MR) is 79.3 cm³/mol. The molecule has 0 unspecified atom stereocenters. The van der Waals surface area contributed by atoms with Crippen LogP contribution in [0.4, 0.5) is 0 Å². The number of ether oxygens (including phenoxy) is 2. The molecule has 0 saturated carbocycles. The van der Waals surface area contributed by atoms with E-state index in [1.54, 1.807) is 0 Å². The molecular formula is C16H28O4. The Hall–Kier alpha value is -1.32. The molecule has 0 fully saturated rings. The van der Waals surface area contributed by atoms with E-state index in [1.165, 1.54) is 14.2 Å². The lowest BCUT2D eigenvalue weighted by Gasteiger charge is -2.12. The normalized spacial score (nSPS) is 11.8. The van der Waals surface area contributed by atoms with Crippen molar-refractivity contribution < 1.29 is 19.1 Å². The third-order valence-electron chi connectivity index (χ3n) is 3.29. The number of methoxy groups -OCH3 is 2. The summed E-state index contributed by atoms with van der Waals surface area (Å²) < 4.78 is 9.64. The summed E-state index contributed by atoms with van der Waals surface area (Å²) in [6.45, 7) is 4.20. The second-order valence-electron chi connectivity index (χ2n) is 4.85. The Labute approximate surface area is 122 Å². The molecule has 0 radical (unpaired) electrons. The molecule has 0 atom stereocenters. The van der Waals surface area contributed by atoms with Gasteiger partial charge in [-0.25, -0.2) is 9.59 Å². The summed E-state index contributed by atoms with van der Waals surface area (Å²) in [4.78, 5) is 23.8. The first-order valence-electron chi connectivity index (χ1n) is 7.50. The molecule has 0 aromatic carbocycles. The van der Waals surface area contributed by atoms with Crippen molar-refractivity contribution in [3.8, 4) is 0 Å². The van der Waals surface area contributed by atoms with Gasteiger partial charge < -0.3 is 9.47 Å². The molecule has 116 valence electrons. The maximum atomic E-state index is 11.9. The number of carbonyl (C=O) groups excluding carboxylic acids is 2. The molecule has 0 amide bonds. The molecule has 0 rings (SSSR count). The SMILES string of the molecule is CCCCCC(C(=O)OC)=C(CCCCC)C(=O)OC. The van der Waals surface area contributed by atoms with Crippen LogP contribution in [0.5, 0.6) is 0 Å². The molecule has 4 nitrogen and oxygen atoms in total. The van der Waals surface area contributed by atoms with Crippen LogP contribution in [0.3, 0.4) is 0 Å². The van der Waals surface area contributed by atoms with E-state index in [-0.39, 0.29) is 0 Å². The van der Waals surface area contributed by atoms with Crippen molar-refractivity contribution in [1.82, 2.24) is 0 Å². The Balaban J connectivity index is 5.12. The molecule has 4 heteroatoms. The molecule has 0 bridgehead atoms. The van der Waals surface area contributed by atoms with Gasteiger partial charge in [0, 0.05) is 11.1 Å². The fourth-order valence-electron chi connectivity index (χ4n) is 2.10. The second-order valence-corrected chi connectivity index (χ2v) is 4.85. The van der Waals surface area contributed by atoms with Gasteiger partial charge in [-0.15, -0.1) is 0 Å². The number of hydrogen-bond donors (Lipinski definition) is 0. The zero-order valence-electron chi connectivity index (χ0n) is 13.3. The van der Waals surface area contributed by atoms with Crippen LogP contribution in [0.1, 0.15) is 65.2 Å². The van der Waals surface area contributed by atoms with Crippen LogP contribution in [0, 0.1) is 0 Å². The second kappa shape index (κ2) is 11.5. The predicted octanol–water partition coefficient (Wildman–Crippen LogP) is 3.79. The molecular weight excluding hydrogens is 256 g/mol. The molecule has 0 aromatic heterocycles. The van der Waals surface area contributed by atoms with Crippen molar-refractivity contribution in [1.29, 1.82) is 0 Å². The summed E-state index contributed by atoms with van der Waals surface area (Å²) in [5.74, 6) is -0.809. The summed E-state index contributed by atoms with van der Waals surface area (Å²) in [5.41, 5.74) is 0.979. The minimum absolute atomic E-state index is 0.405. The van der Waals surface area contributed by atoms with Gasteiger partial charge >= 0.3 is 11.9 Å².